The lowest BCUT2D eigenvalue weighted by atomic mass is 9.78. The lowest BCUT2D eigenvalue weighted by molar-refractivity contribution is 0.660. The van der Waals surface area contributed by atoms with Crippen molar-refractivity contribution in [2.24, 2.45) is 0 Å². The number of rotatable bonds is 2. The van der Waals surface area contributed by atoms with Crippen molar-refractivity contribution in [1.29, 1.82) is 0 Å². The molecule has 0 fully saturated rings. The number of hydrogen-bond acceptors (Lipinski definition) is 0. The highest BCUT2D eigenvalue weighted by Crippen LogP contribution is 2.56. The van der Waals surface area contributed by atoms with Crippen molar-refractivity contribution in [2.45, 2.75) is 38.5 Å². The molecule has 2 aliphatic rings. The molecule has 264 valence electrons. The van der Waals surface area contributed by atoms with Gasteiger partial charge in [0.05, 0.1) is 0 Å². The van der Waals surface area contributed by atoms with E-state index in [9.17, 15) is 0 Å². The Kier molecular flexibility index (Phi) is 6.28. The third-order valence-corrected chi connectivity index (χ3v) is 13.6. The highest BCUT2D eigenvalue weighted by atomic mass is 14.4. The van der Waals surface area contributed by atoms with E-state index in [2.05, 4.69) is 198 Å². The second-order valence-electron chi connectivity index (χ2n) is 17.2. The predicted octanol–water partition coefficient (Wildman–Crippen LogP) is 15.4. The Morgan fingerprint density at radius 3 is 1.43 bits per heavy atom. The zero-order valence-electron chi connectivity index (χ0n) is 32.2. The summed E-state index contributed by atoms with van der Waals surface area (Å²) in [7, 11) is 0. The molecule has 0 saturated carbocycles. The molecule has 0 heterocycles. The molecular weight excluding hydrogens is 673 g/mol. The maximum absolute atomic E-state index is 2.50. The van der Waals surface area contributed by atoms with Crippen LogP contribution in [0.2, 0.25) is 0 Å². The highest BCUT2D eigenvalue weighted by Gasteiger charge is 2.39. The van der Waals surface area contributed by atoms with Crippen LogP contribution in [0.25, 0.3) is 98.4 Å². The van der Waals surface area contributed by atoms with Gasteiger partial charge in [-0.15, -0.1) is 0 Å². The Bertz CT molecular complexity index is 3300. The normalized spacial score (nSPS) is 14.7. The summed E-state index contributed by atoms with van der Waals surface area (Å²) in [5, 5.41) is 13.1. The number of benzene rings is 10. The fraction of sp³-hybridized carbons (Fsp3) is 0.107. The summed E-state index contributed by atoms with van der Waals surface area (Å²) >= 11 is 0. The summed E-state index contributed by atoms with van der Waals surface area (Å²) in [6.45, 7) is 9.60. The third-order valence-electron chi connectivity index (χ3n) is 13.6. The van der Waals surface area contributed by atoms with Crippen molar-refractivity contribution >= 4 is 53.9 Å². The van der Waals surface area contributed by atoms with Gasteiger partial charge < -0.3 is 0 Å². The molecular formula is C56H40. The van der Waals surface area contributed by atoms with Gasteiger partial charge in [-0.05, 0) is 145 Å². The third kappa shape index (κ3) is 4.09. The van der Waals surface area contributed by atoms with Crippen molar-refractivity contribution in [3.05, 3.63) is 192 Å². The van der Waals surface area contributed by atoms with Gasteiger partial charge in [0.1, 0.15) is 0 Å². The average molecular weight is 713 g/mol. The first-order valence-electron chi connectivity index (χ1n) is 20.0. The quantitative estimate of drug-likeness (QED) is 0.124. The summed E-state index contributed by atoms with van der Waals surface area (Å²) < 4.78 is 0. The van der Waals surface area contributed by atoms with Gasteiger partial charge in [-0.2, -0.15) is 0 Å². The van der Waals surface area contributed by atoms with Crippen LogP contribution in [-0.2, 0) is 10.8 Å². The average Bonchev–Trinajstić information content (AvgIpc) is 3.61. The lowest BCUT2D eigenvalue weighted by Gasteiger charge is -2.25. The molecule has 0 unspecified atom stereocenters. The largest absolute Gasteiger partial charge is 0.0619 e. The van der Waals surface area contributed by atoms with Crippen molar-refractivity contribution < 1.29 is 0 Å². The van der Waals surface area contributed by atoms with Crippen LogP contribution < -0.4 is 0 Å². The zero-order chi connectivity index (χ0) is 37.5. The van der Waals surface area contributed by atoms with Gasteiger partial charge in [0.2, 0.25) is 0 Å². The molecule has 10 aromatic rings. The van der Waals surface area contributed by atoms with E-state index in [1.165, 1.54) is 121 Å². The number of hydrogen-bond donors (Lipinski definition) is 0. The van der Waals surface area contributed by atoms with E-state index in [4.69, 9.17) is 0 Å². The molecule has 0 atom stereocenters. The fourth-order valence-electron chi connectivity index (χ4n) is 11.0. The van der Waals surface area contributed by atoms with Gasteiger partial charge >= 0.3 is 0 Å². The van der Waals surface area contributed by atoms with Crippen LogP contribution in [-0.4, -0.2) is 0 Å². The summed E-state index contributed by atoms with van der Waals surface area (Å²) in [4.78, 5) is 0. The molecule has 0 nitrogen and oxygen atoms in total. The van der Waals surface area contributed by atoms with Crippen molar-refractivity contribution in [2.75, 3.05) is 0 Å². The van der Waals surface area contributed by atoms with Gasteiger partial charge in [-0.3, -0.25) is 0 Å². The van der Waals surface area contributed by atoms with Crippen LogP contribution in [0.4, 0.5) is 0 Å². The van der Waals surface area contributed by atoms with Crippen LogP contribution in [0.15, 0.2) is 170 Å². The molecule has 0 aliphatic heterocycles. The minimum atomic E-state index is -0.147. The van der Waals surface area contributed by atoms with Crippen LogP contribution in [0.3, 0.4) is 0 Å². The Morgan fingerprint density at radius 1 is 0.286 bits per heavy atom. The summed E-state index contributed by atoms with van der Waals surface area (Å²) in [6, 6.07) is 64.4. The maximum atomic E-state index is 2.50. The Hall–Kier alpha value is -6.50. The zero-order valence-corrected chi connectivity index (χ0v) is 32.2. The number of fused-ring (bicyclic) bond motifs is 14. The van der Waals surface area contributed by atoms with Crippen LogP contribution in [0.1, 0.15) is 49.9 Å². The molecule has 10 aromatic carbocycles. The summed E-state index contributed by atoms with van der Waals surface area (Å²) in [5.74, 6) is 0. The highest BCUT2D eigenvalue weighted by molar-refractivity contribution is 6.24. The summed E-state index contributed by atoms with van der Waals surface area (Å²) in [5.41, 5.74) is 16.1. The molecule has 2 aliphatic carbocycles. The van der Waals surface area contributed by atoms with Crippen LogP contribution >= 0.6 is 0 Å². The smallest absolute Gasteiger partial charge is 0.0165 e. The molecule has 0 heteroatoms. The van der Waals surface area contributed by atoms with Gasteiger partial charge in [0.15, 0.2) is 0 Å². The van der Waals surface area contributed by atoms with Crippen molar-refractivity contribution in [3.63, 3.8) is 0 Å². The van der Waals surface area contributed by atoms with E-state index in [0.29, 0.717) is 0 Å². The molecule has 56 heavy (non-hydrogen) atoms. The van der Waals surface area contributed by atoms with E-state index < -0.39 is 0 Å². The van der Waals surface area contributed by atoms with E-state index in [1.807, 2.05) is 0 Å². The first kappa shape index (κ1) is 31.8. The van der Waals surface area contributed by atoms with Gasteiger partial charge in [-0.25, -0.2) is 0 Å². The molecule has 0 radical (unpaired) electrons. The topological polar surface area (TPSA) is 0 Å². The minimum absolute atomic E-state index is 0.0645. The maximum Gasteiger partial charge on any atom is 0.0165 e. The molecule has 0 spiro atoms. The Morgan fingerprint density at radius 2 is 0.768 bits per heavy atom. The van der Waals surface area contributed by atoms with E-state index in [1.54, 1.807) is 0 Å². The lowest BCUT2D eigenvalue weighted by Crippen LogP contribution is -2.15. The first-order chi connectivity index (χ1) is 27.3. The van der Waals surface area contributed by atoms with Crippen LogP contribution in [0.5, 0.6) is 0 Å². The fourth-order valence-corrected chi connectivity index (χ4v) is 11.0. The van der Waals surface area contributed by atoms with Crippen LogP contribution in [0, 0.1) is 0 Å². The van der Waals surface area contributed by atoms with Gasteiger partial charge in [0.25, 0.3) is 0 Å². The Balaban J connectivity index is 1.12. The molecule has 12 rings (SSSR count). The molecule has 0 amide bonds. The molecule has 0 N–H and O–H groups in total. The van der Waals surface area contributed by atoms with Crippen molar-refractivity contribution in [3.8, 4) is 44.5 Å². The predicted molar refractivity (Wildman–Crippen MR) is 240 cm³/mol. The summed E-state index contributed by atoms with van der Waals surface area (Å²) in [6.07, 6.45) is 0. The second kappa shape index (κ2) is 11.1. The molecule has 0 saturated heterocycles. The minimum Gasteiger partial charge on any atom is -0.0619 e. The first-order valence-corrected chi connectivity index (χ1v) is 20.0. The Labute approximate surface area is 327 Å². The van der Waals surface area contributed by atoms with Crippen molar-refractivity contribution in [1.82, 2.24) is 0 Å². The van der Waals surface area contributed by atoms with Gasteiger partial charge in [0, 0.05) is 10.8 Å². The standard InChI is InChI=1S/C56H40/c1-55(2)48-24-14-13-18-38(48)39-27-25-36(32-49(39)55)52-43-22-11-9-20-41(43)51(42-21-10-12-23-44(42)52)35-26-28-45-46(30-35)37-17-7-8-19-40(37)53-47-29-33-15-5-6-16-34(33)31-50(47)56(3,4)54(45)53/h5-32H,1-4H3. The monoisotopic (exact) mass is 712 g/mol. The van der Waals surface area contributed by atoms with E-state index in [-0.39, 0.29) is 10.8 Å². The molecule has 0 bridgehead atoms. The molecule has 0 aromatic heterocycles. The van der Waals surface area contributed by atoms with E-state index >= 15 is 0 Å². The van der Waals surface area contributed by atoms with Gasteiger partial charge in [-0.1, -0.05) is 173 Å². The SMILES string of the molecule is CC1(C)c2ccccc2-c2ccc(-c3c4ccccc4c(-c4ccc5c6c(c7ccccc7c5c4)-c4cc5ccccc5cc4C6(C)C)c4ccccc34)cc21. The van der Waals surface area contributed by atoms with E-state index in [0.717, 1.165) is 0 Å². The second-order valence-corrected chi connectivity index (χ2v) is 17.2.